The molecule has 1 aromatic heterocycles. The quantitative estimate of drug-likeness (QED) is 0.545. The number of hydrogen-bond donors (Lipinski definition) is 1. The van der Waals surface area contributed by atoms with Crippen LogP contribution in [0.5, 0.6) is 0 Å². The van der Waals surface area contributed by atoms with Crippen LogP contribution < -0.4 is 9.99 Å². The molecule has 1 N–H and O–H groups in total. The number of aryl methyl sites for hydroxylation is 3. The first kappa shape index (κ1) is 22.6. The van der Waals surface area contributed by atoms with Crippen LogP contribution in [-0.2, 0) is 27.9 Å². The van der Waals surface area contributed by atoms with Crippen molar-refractivity contribution in [2.24, 2.45) is 0 Å². The molecular weight excluding hydrogens is 418 g/mol. The largest absolute Gasteiger partial charge is 0.480 e. The van der Waals surface area contributed by atoms with Gasteiger partial charge in [0.05, 0.1) is 21.6 Å². The van der Waals surface area contributed by atoms with Crippen LogP contribution in [0, 0.1) is 6.92 Å². The highest BCUT2D eigenvalue weighted by atomic mass is 32.2. The Morgan fingerprint density at radius 1 is 0.968 bits per heavy atom. The first-order chi connectivity index (χ1) is 14.7. The number of benzene rings is 2. The molecule has 31 heavy (non-hydrogen) atoms. The third-order valence-corrected chi connectivity index (χ3v) is 6.86. The fourth-order valence-electron chi connectivity index (χ4n) is 3.62. The van der Waals surface area contributed by atoms with Crippen molar-refractivity contribution in [2.75, 3.05) is 10.8 Å². The van der Waals surface area contributed by atoms with E-state index in [9.17, 15) is 23.1 Å². The maximum absolute atomic E-state index is 13.3. The Morgan fingerprint density at radius 2 is 1.55 bits per heavy atom. The molecule has 0 aliphatic carbocycles. The Balaban J connectivity index is 2.21. The molecule has 0 bridgehead atoms. The minimum absolute atomic E-state index is 0.00829. The molecule has 0 aliphatic heterocycles. The van der Waals surface area contributed by atoms with Gasteiger partial charge >= 0.3 is 11.7 Å². The van der Waals surface area contributed by atoms with Crippen molar-refractivity contribution in [2.45, 2.75) is 51.6 Å². The molecule has 0 radical (unpaired) electrons. The van der Waals surface area contributed by atoms with E-state index in [0.29, 0.717) is 24.1 Å². The molecule has 0 aliphatic rings. The van der Waals surface area contributed by atoms with Crippen LogP contribution in [0.1, 0.15) is 32.3 Å². The third-order valence-electron chi connectivity index (χ3n) is 5.07. The van der Waals surface area contributed by atoms with Crippen LogP contribution in [-0.4, -0.2) is 35.2 Å². The van der Waals surface area contributed by atoms with Gasteiger partial charge in [-0.25, -0.2) is 13.2 Å². The predicted octanol–water partition coefficient (Wildman–Crippen LogP) is 3.21. The summed E-state index contributed by atoms with van der Waals surface area (Å²) in [6, 6.07) is 11.1. The Kier molecular flexibility index (Phi) is 6.54. The highest BCUT2D eigenvalue weighted by Crippen LogP contribution is 2.27. The average Bonchev–Trinajstić information content (AvgIpc) is 2.98. The van der Waals surface area contributed by atoms with E-state index in [1.165, 1.54) is 12.1 Å². The zero-order valence-corrected chi connectivity index (χ0v) is 18.7. The Labute approximate surface area is 181 Å². The standard InChI is InChI=1S/C22H27N3O5S/c1-4-12-23-19-11-8-17(14-20(19)24(13-5-2)22(23)28)25(15-21(26)27)31(29,30)18-9-6-16(3)7-10-18/h6-11,14H,4-5,12-13,15H2,1-3H3,(H,26,27). The van der Waals surface area contributed by atoms with Gasteiger partial charge in [0, 0.05) is 13.1 Å². The minimum atomic E-state index is -4.11. The van der Waals surface area contributed by atoms with Crippen molar-refractivity contribution in [1.82, 2.24) is 9.13 Å². The molecule has 9 heteroatoms. The van der Waals surface area contributed by atoms with Crippen LogP contribution >= 0.6 is 0 Å². The number of sulfonamides is 1. The van der Waals surface area contributed by atoms with Gasteiger partial charge in [0.1, 0.15) is 6.54 Å². The van der Waals surface area contributed by atoms with Gasteiger partial charge in [0.15, 0.2) is 0 Å². The number of anilines is 1. The maximum Gasteiger partial charge on any atom is 0.329 e. The molecule has 0 amide bonds. The summed E-state index contributed by atoms with van der Waals surface area (Å²) in [7, 11) is -4.11. The predicted molar refractivity (Wildman–Crippen MR) is 120 cm³/mol. The molecule has 0 unspecified atom stereocenters. The summed E-state index contributed by atoms with van der Waals surface area (Å²) < 4.78 is 30.7. The maximum atomic E-state index is 13.3. The molecule has 3 aromatic rings. The topological polar surface area (TPSA) is 102 Å². The monoisotopic (exact) mass is 445 g/mol. The van der Waals surface area contributed by atoms with Crippen molar-refractivity contribution < 1.29 is 18.3 Å². The van der Waals surface area contributed by atoms with E-state index in [4.69, 9.17) is 0 Å². The van der Waals surface area contributed by atoms with E-state index < -0.39 is 22.5 Å². The number of aliphatic carboxylic acids is 1. The number of carboxylic acids is 1. The lowest BCUT2D eigenvalue weighted by molar-refractivity contribution is -0.135. The van der Waals surface area contributed by atoms with Gasteiger partial charge in [-0.1, -0.05) is 31.5 Å². The zero-order chi connectivity index (χ0) is 22.8. The minimum Gasteiger partial charge on any atom is -0.480 e. The second kappa shape index (κ2) is 8.97. The number of imidazole rings is 1. The Bertz CT molecular complexity index is 1260. The van der Waals surface area contributed by atoms with Gasteiger partial charge in [-0.2, -0.15) is 0 Å². The lowest BCUT2D eigenvalue weighted by Crippen LogP contribution is -2.35. The smallest absolute Gasteiger partial charge is 0.329 e. The second-order valence-electron chi connectivity index (χ2n) is 7.48. The van der Waals surface area contributed by atoms with E-state index in [0.717, 1.165) is 22.7 Å². The average molecular weight is 446 g/mol. The van der Waals surface area contributed by atoms with Crippen LogP contribution in [0.25, 0.3) is 11.0 Å². The summed E-state index contributed by atoms with van der Waals surface area (Å²) in [6.45, 7) is 6.08. The highest BCUT2D eigenvalue weighted by Gasteiger charge is 2.28. The molecule has 0 spiro atoms. The molecule has 0 fully saturated rings. The van der Waals surface area contributed by atoms with E-state index in [1.807, 2.05) is 20.8 Å². The molecule has 8 nitrogen and oxygen atoms in total. The lowest BCUT2D eigenvalue weighted by atomic mass is 10.2. The van der Waals surface area contributed by atoms with Crippen molar-refractivity contribution in [3.63, 3.8) is 0 Å². The van der Waals surface area contributed by atoms with Crippen LogP contribution in [0.3, 0.4) is 0 Å². The van der Waals surface area contributed by atoms with Crippen LogP contribution in [0.15, 0.2) is 52.2 Å². The number of aromatic nitrogens is 2. The number of carboxylic acid groups (broad SMARTS) is 1. The van der Waals surface area contributed by atoms with Crippen LogP contribution in [0.2, 0.25) is 0 Å². The number of nitrogens with zero attached hydrogens (tertiary/aromatic N) is 3. The summed E-state index contributed by atoms with van der Waals surface area (Å²) in [5.41, 5.74) is 2.24. The van der Waals surface area contributed by atoms with Crippen molar-refractivity contribution in [3.8, 4) is 0 Å². The molecular formula is C22H27N3O5S. The van der Waals surface area contributed by atoms with Gasteiger partial charge in [0.2, 0.25) is 0 Å². The molecule has 0 saturated carbocycles. The number of fused-ring (bicyclic) bond motifs is 1. The second-order valence-corrected chi connectivity index (χ2v) is 9.34. The number of hydrogen-bond acceptors (Lipinski definition) is 4. The van der Waals surface area contributed by atoms with Crippen LogP contribution in [0.4, 0.5) is 5.69 Å². The van der Waals surface area contributed by atoms with Gasteiger partial charge in [-0.15, -0.1) is 0 Å². The molecule has 166 valence electrons. The number of rotatable bonds is 9. The summed E-state index contributed by atoms with van der Waals surface area (Å²) in [5, 5.41) is 9.40. The van der Waals surface area contributed by atoms with Crippen molar-refractivity contribution in [3.05, 3.63) is 58.5 Å². The lowest BCUT2D eigenvalue weighted by Gasteiger charge is -2.23. The molecule has 3 rings (SSSR count). The first-order valence-corrected chi connectivity index (χ1v) is 11.7. The molecule has 2 aromatic carbocycles. The van der Waals surface area contributed by atoms with E-state index >= 15 is 0 Å². The highest BCUT2D eigenvalue weighted by molar-refractivity contribution is 7.92. The summed E-state index contributed by atoms with van der Waals surface area (Å²) in [6.07, 6.45) is 1.51. The summed E-state index contributed by atoms with van der Waals surface area (Å²) >= 11 is 0. The van der Waals surface area contributed by atoms with Gasteiger partial charge < -0.3 is 5.11 Å². The third kappa shape index (κ3) is 4.36. The molecule has 1 heterocycles. The van der Waals surface area contributed by atoms with Gasteiger partial charge in [0.25, 0.3) is 10.0 Å². The fraction of sp³-hybridized carbons (Fsp3) is 0.364. The fourth-order valence-corrected chi connectivity index (χ4v) is 5.02. The van der Waals surface area contributed by atoms with E-state index in [-0.39, 0.29) is 16.3 Å². The first-order valence-electron chi connectivity index (χ1n) is 10.2. The van der Waals surface area contributed by atoms with Gasteiger partial charge in [-0.3, -0.25) is 18.2 Å². The van der Waals surface area contributed by atoms with E-state index in [2.05, 4.69) is 0 Å². The Hall–Kier alpha value is -3.07. The summed E-state index contributed by atoms with van der Waals surface area (Å²) in [5.74, 6) is -1.27. The zero-order valence-electron chi connectivity index (χ0n) is 17.9. The van der Waals surface area contributed by atoms with E-state index in [1.54, 1.807) is 39.5 Å². The molecule has 0 saturated heterocycles. The summed E-state index contributed by atoms with van der Waals surface area (Å²) in [4.78, 5) is 24.4. The van der Waals surface area contributed by atoms with Crippen molar-refractivity contribution >= 4 is 32.7 Å². The van der Waals surface area contributed by atoms with Crippen molar-refractivity contribution in [1.29, 1.82) is 0 Å². The SMILES string of the molecule is CCCn1c(=O)n(CCC)c2cc(N(CC(=O)O)S(=O)(=O)c3ccc(C)cc3)ccc21. The van der Waals surface area contributed by atoms with Gasteiger partial charge in [-0.05, 0) is 50.1 Å². The normalized spacial score (nSPS) is 11.7. The number of carbonyl (C=O) groups is 1. The molecule has 0 atom stereocenters. The Morgan fingerprint density at radius 3 is 2.10 bits per heavy atom.